The van der Waals surface area contributed by atoms with E-state index in [4.69, 9.17) is 5.73 Å². The maximum atomic E-state index is 11.4. The molecule has 1 amide bonds. The van der Waals surface area contributed by atoms with Gasteiger partial charge in [0.25, 0.3) is 0 Å². The molecule has 1 aromatic heterocycles. The van der Waals surface area contributed by atoms with E-state index in [2.05, 4.69) is 10.4 Å². The van der Waals surface area contributed by atoms with Crippen LogP contribution in [0.3, 0.4) is 0 Å². The minimum atomic E-state index is -0.167. The van der Waals surface area contributed by atoms with Crippen LogP contribution in [0.4, 0.5) is 5.69 Å². The van der Waals surface area contributed by atoms with E-state index in [1.165, 1.54) is 0 Å². The van der Waals surface area contributed by atoms with Crippen molar-refractivity contribution >= 4 is 11.6 Å². The maximum Gasteiger partial charge on any atom is 0.228 e. The first kappa shape index (κ1) is 10.7. The van der Waals surface area contributed by atoms with Crippen LogP contribution in [0.5, 0.6) is 0 Å². The summed E-state index contributed by atoms with van der Waals surface area (Å²) in [5, 5.41) is 6.79. The van der Waals surface area contributed by atoms with Gasteiger partial charge in [0.1, 0.15) is 0 Å². The van der Waals surface area contributed by atoms with Gasteiger partial charge in [0.2, 0.25) is 5.91 Å². The van der Waals surface area contributed by atoms with Crippen LogP contribution >= 0.6 is 0 Å². The molecule has 1 atom stereocenters. The highest BCUT2D eigenvalue weighted by Crippen LogP contribution is 2.06. The van der Waals surface area contributed by atoms with E-state index in [1.54, 1.807) is 24.0 Å². The van der Waals surface area contributed by atoms with E-state index >= 15 is 0 Å². The second-order valence-corrected chi connectivity index (χ2v) is 3.21. The van der Waals surface area contributed by atoms with Gasteiger partial charge in [0.05, 0.1) is 11.9 Å². The van der Waals surface area contributed by atoms with Crippen molar-refractivity contribution in [1.82, 2.24) is 9.78 Å². The van der Waals surface area contributed by atoms with Crippen LogP contribution in [-0.4, -0.2) is 22.2 Å². The number of hydrogen-bond acceptors (Lipinski definition) is 3. The van der Waals surface area contributed by atoms with Crippen LogP contribution in [0, 0.1) is 5.92 Å². The zero-order valence-electron chi connectivity index (χ0n) is 8.53. The lowest BCUT2D eigenvalue weighted by Crippen LogP contribution is -2.26. The summed E-state index contributed by atoms with van der Waals surface area (Å²) in [6.45, 7) is 4.93. The summed E-state index contributed by atoms with van der Waals surface area (Å²) in [5.41, 5.74) is 6.10. The number of amides is 1. The van der Waals surface area contributed by atoms with Gasteiger partial charge in [0.15, 0.2) is 0 Å². The predicted octanol–water partition coefficient (Wildman–Crippen LogP) is 0.436. The number of nitrogens with two attached hydrogens (primary N) is 1. The molecular formula is C9H16N4O. The monoisotopic (exact) mass is 196 g/mol. The Labute approximate surface area is 83.3 Å². The Morgan fingerprint density at radius 1 is 1.79 bits per heavy atom. The summed E-state index contributed by atoms with van der Waals surface area (Å²) in [6, 6.07) is 0. The van der Waals surface area contributed by atoms with Gasteiger partial charge in [-0.25, -0.2) is 0 Å². The highest BCUT2D eigenvalue weighted by atomic mass is 16.1. The van der Waals surface area contributed by atoms with Crippen LogP contribution in [0.2, 0.25) is 0 Å². The molecule has 1 unspecified atom stereocenters. The van der Waals surface area contributed by atoms with E-state index in [1.807, 2.05) is 6.92 Å². The lowest BCUT2D eigenvalue weighted by atomic mass is 10.2. The third kappa shape index (κ3) is 2.56. The lowest BCUT2D eigenvalue weighted by Gasteiger charge is -2.07. The molecule has 0 radical (unpaired) electrons. The number of hydrogen-bond donors (Lipinski definition) is 2. The number of rotatable bonds is 4. The molecule has 0 saturated carbocycles. The molecule has 0 spiro atoms. The van der Waals surface area contributed by atoms with Crippen molar-refractivity contribution < 1.29 is 4.79 Å². The van der Waals surface area contributed by atoms with Crippen molar-refractivity contribution in [3.05, 3.63) is 12.4 Å². The Balaban J connectivity index is 2.56. The zero-order chi connectivity index (χ0) is 10.6. The standard InChI is InChI=1S/C9H16N4O/c1-3-13-6-8(5-11-13)12-9(14)7(2)4-10/h5-7H,3-4,10H2,1-2H3,(H,12,14). The second-order valence-electron chi connectivity index (χ2n) is 3.21. The van der Waals surface area contributed by atoms with E-state index in [-0.39, 0.29) is 11.8 Å². The van der Waals surface area contributed by atoms with Crippen molar-refractivity contribution in [3.8, 4) is 0 Å². The van der Waals surface area contributed by atoms with Gasteiger partial charge in [-0.1, -0.05) is 6.92 Å². The highest BCUT2D eigenvalue weighted by Gasteiger charge is 2.11. The fourth-order valence-electron chi connectivity index (χ4n) is 0.974. The summed E-state index contributed by atoms with van der Waals surface area (Å²) in [6.07, 6.45) is 3.42. The summed E-state index contributed by atoms with van der Waals surface area (Å²) in [4.78, 5) is 11.4. The third-order valence-electron chi connectivity index (χ3n) is 2.03. The molecule has 0 aliphatic heterocycles. The lowest BCUT2D eigenvalue weighted by molar-refractivity contribution is -0.119. The fraction of sp³-hybridized carbons (Fsp3) is 0.556. The molecule has 3 N–H and O–H groups in total. The van der Waals surface area contributed by atoms with Gasteiger partial charge < -0.3 is 11.1 Å². The van der Waals surface area contributed by atoms with Gasteiger partial charge in [0, 0.05) is 25.2 Å². The van der Waals surface area contributed by atoms with E-state index < -0.39 is 0 Å². The van der Waals surface area contributed by atoms with Crippen molar-refractivity contribution in [1.29, 1.82) is 0 Å². The van der Waals surface area contributed by atoms with Crippen LogP contribution in [0.25, 0.3) is 0 Å². The minimum absolute atomic E-state index is 0.0665. The summed E-state index contributed by atoms with van der Waals surface area (Å²) >= 11 is 0. The van der Waals surface area contributed by atoms with Crippen molar-refractivity contribution in [2.45, 2.75) is 20.4 Å². The number of carbonyl (C=O) groups excluding carboxylic acids is 1. The first-order valence-corrected chi connectivity index (χ1v) is 4.70. The van der Waals surface area contributed by atoms with Gasteiger partial charge in [-0.05, 0) is 6.92 Å². The topological polar surface area (TPSA) is 72.9 Å². The Morgan fingerprint density at radius 2 is 2.50 bits per heavy atom. The van der Waals surface area contributed by atoms with E-state index in [0.29, 0.717) is 6.54 Å². The predicted molar refractivity (Wildman–Crippen MR) is 54.7 cm³/mol. The Hall–Kier alpha value is -1.36. The molecule has 5 nitrogen and oxygen atoms in total. The van der Waals surface area contributed by atoms with Gasteiger partial charge >= 0.3 is 0 Å². The van der Waals surface area contributed by atoms with Crippen molar-refractivity contribution in [3.63, 3.8) is 0 Å². The number of anilines is 1. The van der Waals surface area contributed by atoms with Crippen LogP contribution in [-0.2, 0) is 11.3 Å². The van der Waals surface area contributed by atoms with Crippen LogP contribution in [0.15, 0.2) is 12.4 Å². The third-order valence-corrected chi connectivity index (χ3v) is 2.03. The molecule has 0 fully saturated rings. The maximum absolute atomic E-state index is 11.4. The van der Waals surface area contributed by atoms with Crippen LogP contribution in [0.1, 0.15) is 13.8 Å². The molecule has 1 aromatic rings. The molecule has 78 valence electrons. The first-order chi connectivity index (χ1) is 6.67. The van der Waals surface area contributed by atoms with E-state index in [9.17, 15) is 4.79 Å². The highest BCUT2D eigenvalue weighted by molar-refractivity contribution is 5.92. The number of carbonyl (C=O) groups is 1. The summed E-state index contributed by atoms with van der Waals surface area (Å²) in [7, 11) is 0. The Bertz CT molecular complexity index is 308. The molecule has 1 heterocycles. The number of aromatic nitrogens is 2. The van der Waals surface area contributed by atoms with Gasteiger partial charge in [-0.15, -0.1) is 0 Å². The van der Waals surface area contributed by atoms with Crippen molar-refractivity contribution in [2.75, 3.05) is 11.9 Å². The molecular weight excluding hydrogens is 180 g/mol. The SMILES string of the molecule is CCn1cc(NC(=O)C(C)CN)cn1. The molecule has 0 aliphatic carbocycles. The summed E-state index contributed by atoms with van der Waals surface area (Å²) in [5.74, 6) is -0.233. The molecule has 1 rings (SSSR count). The van der Waals surface area contributed by atoms with Crippen molar-refractivity contribution in [2.24, 2.45) is 11.7 Å². The molecule has 14 heavy (non-hydrogen) atoms. The molecule has 0 aliphatic rings. The zero-order valence-corrected chi connectivity index (χ0v) is 8.53. The van der Waals surface area contributed by atoms with E-state index in [0.717, 1.165) is 12.2 Å². The quantitative estimate of drug-likeness (QED) is 0.733. The molecule has 0 aromatic carbocycles. The number of nitrogens with one attached hydrogen (secondary N) is 1. The smallest absolute Gasteiger partial charge is 0.228 e. The molecule has 0 saturated heterocycles. The normalized spacial score (nSPS) is 12.5. The van der Waals surface area contributed by atoms with Gasteiger partial charge in [-0.3, -0.25) is 9.48 Å². The largest absolute Gasteiger partial charge is 0.330 e. The minimum Gasteiger partial charge on any atom is -0.330 e. The Morgan fingerprint density at radius 3 is 3.00 bits per heavy atom. The molecule has 5 heteroatoms. The van der Waals surface area contributed by atoms with Crippen LogP contribution < -0.4 is 11.1 Å². The average Bonchev–Trinajstić information content (AvgIpc) is 2.64. The second kappa shape index (κ2) is 4.76. The Kier molecular flexibility index (Phi) is 3.64. The molecule has 0 bridgehead atoms. The summed E-state index contributed by atoms with van der Waals surface area (Å²) < 4.78 is 1.75. The average molecular weight is 196 g/mol. The first-order valence-electron chi connectivity index (χ1n) is 4.70. The number of aryl methyl sites for hydroxylation is 1. The fourth-order valence-corrected chi connectivity index (χ4v) is 0.974. The number of nitrogens with zero attached hydrogens (tertiary/aromatic N) is 2. The van der Waals surface area contributed by atoms with Gasteiger partial charge in [-0.2, -0.15) is 5.10 Å².